The number of amides is 2. The Morgan fingerprint density at radius 2 is 2.38 bits per heavy atom. The third-order valence-electron chi connectivity index (χ3n) is 3.95. The van der Waals surface area contributed by atoms with Gasteiger partial charge in [0.1, 0.15) is 5.75 Å². The van der Waals surface area contributed by atoms with E-state index >= 15 is 0 Å². The van der Waals surface area contributed by atoms with Gasteiger partial charge in [-0.1, -0.05) is 5.21 Å². The van der Waals surface area contributed by atoms with Crippen molar-refractivity contribution in [2.75, 3.05) is 19.0 Å². The standard InChI is InChI=1S/C16H19N5O3/c1-24-11-3-4-14-12(9-11)13(10-15(22)19-14)16(23)17-5-2-7-21-8-6-18-20-21/h3-4,6,8-9,13H,2,5,7,10H2,1H3,(H,17,23)(H,19,22). The van der Waals surface area contributed by atoms with Crippen LogP contribution in [-0.4, -0.2) is 40.5 Å². The summed E-state index contributed by atoms with van der Waals surface area (Å²) in [4.78, 5) is 24.3. The molecule has 24 heavy (non-hydrogen) atoms. The Morgan fingerprint density at radius 1 is 1.50 bits per heavy atom. The maximum Gasteiger partial charge on any atom is 0.228 e. The number of methoxy groups -OCH3 is 1. The van der Waals surface area contributed by atoms with Crippen LogP contribution in [0.3, 0.4) is 0 Å². The molecule has 0 fully saturated rings. The van der Waals surface area contributed by atoms with Gasteiger partial charge in [0, 0.05) is 31.4 Å². The third-order valence-corrected chi connectivity index (χ3v) is 3.95. The molecule has 2 heterocycles. The molecule has 1 aromatic carbocycles. The van der Waals surface area contributed by atoms with Gasteiger partial charge in [0.05, 0.1) is 19.2 Å². The monoisotopic (exact) mass is 329 g/mol. The van der Waals surface area contributed by atoms with Crippen molar-refractivity contribution >= 4 is 17.5 Å². The zero-order chi connectivity index (χ0) is 16.9. The first kappa shape index (κ1) is 16.0. The molecule has 126 valence electrons. The minimum Gasteiger partial charge on any atom is -0.497 e. The lowest BCUT2D eigenvalue weighted by atomic mass is 9.89. The van der Waals surface area contributed by atoms with E-state index in [4.69, 9.17) is 4.74 Å². The molecule has 3 rings (SSSR count). The molecule has 2 amide bonds. The number of benzene rings is 1. The maximum atomic E-state index is 12.5. The van der Waals surface area contributed by atoms with Crippen LogP contribution in [0.5, 0.6) is 5.75 Å². The van der Waals surface area contributed by atoms with Crippen LogP contribution in [0.15, 0.2) is 30.6 Å². The second-order valence-electron chi connectivity index (χ2n) is 5.57. The smallest absolute Gasteiger partial charge is 0.228 e. The highest BCUT2D eigenvalue weighted by molar-refractivity contribution is 6.01. The Kier molecular flexibility index (Phi) is 4.74. The van der Waals surface area contributed by atoms with E-state index < -0.39 is 5.92 Å². The number of nitrogens with one attached hydrogen (secondary N) is 2. The minimum absolute atomic E-state index is 0.134. The number of fused-ring (bicyclic) bond motifs is 1. The van der Waals surface area contributed by atoms with Crippen LogP contribution in [-0.2, 0) is 16.1 Å². The summed E-state index contributed by atoms with van der Waals surface area (Å²) in [5.74, 6) is -0.155. The quantitative estimate of drug-likeness (QED) is 0.768. The number of ether oxygens (including phenoxy) is 1. The average Bonchev–Trinajstić information content (AvgIpc) is 3.10. The van der Waals surface area contributed by atoms with E-state index in [2.05, 4.69) is 20.9 Å². The van der Waals surface area contributed by atoms with E-state index in [9.17, 15) is 9.59 Å². The summed E-state index contributed by atoms with van der Waals surface area (Å²) < 4.78 is 6.92. The number of hydrogen-bond acceptors (Lipinski definition) is 5. The summed E-state index contributed by atoms with van der Waals surface area (Å²) in [5.41, 5.74) is 1.44. The predicted octanol–water partition coefficient (Wildman–Crippen LogP) is 0.919. The Morgan fingerprint density at radius 3 is 3.12 bits per heavy atom. The van der Waals surface area contributed by atoms with Crippen molar-refractivity contribution in [3.63, 3.8) is 0 Å². The van der Waals surface area contributed by atoms with Gasteiger partial charge in [0.2, 0.25) is 11.8 Å². The lowest BCUT2D eigenvalue weighted by Crippen LogP contribution is -2.35. The SMILES string of the molecule is COc1ccc2c(c1)C(C(=O)NCCCn1ccnn1)CC(=O)N2. The molecule has 0 spiro atoms. The molecule has 0 aliphatic carbocycles. The molecule has 1 aromatic heterocycles. The largest absolute Gasteiger partial charge is 0.497 e. The van der Waals surface area contributed by atoms with Crippen molar-refractivity contribution in [3.05, 3.63) is 36.2 Å². The van der Waals surface area contributed by atoms with E-state index in [-0.39, 0.29) is 18.2 Å². The van der Waals surface area contributed by atoms with Crippen LogP contribution in [0.4, 0.5) is 5.69 Å². The molecule has 8 nitrogen and oxygen atoms in total. The van der Waals surface area contributed by atoms with Gasteiger partial charge in [-0.2, -0.15) is 0 Å². The number of aromatic nitrogens is 3. The topological polar surface area (TPSA) is 98.1 Å². The molecule has 1 aliphatic heterocycles. The van der Waals surface area contributed by atoms with Gasteiger partial charge < -0.3 is 15.4 Å². The number of nitrogens with zero attached hydrogens (tertiary/aromatic N) is 3. The van der Waals surface area contributed by atoms with Gasteiger partial charge in [-0.25, -0.2) is 0 Å². The molecule has 1 unspecified atom stereocenters. The van der Waals surface area contributed by atoms with Crippen LogP contribution in [0, 0.1) is 0 Å². The zero-order valence-corrected chi connectivity index (χ0v) is 13.4. The predicted molar refractivity (Wildman–Crippen MR) is 86.6 cm³/mol. The van der Waals surface area contributed by atoms with E-state index in [0.717, 1.165) is 12.0 Å². The number of rotatable bonds is 6. The van der Waals surface area contributed by atoms with Gasteiger partial charge in [0.15, 0.2) is 0 Å². The average molecular weight is 329 g/mol. The summed E-state index contributed by atoms with van der Waals surface area (Å²) in [6.45, 7) is 1.19. The lowest BCUT2D eigenvalue weighted by Gasteiger charge is -2.25. The van der Waals surface area contributed by atoms with Gasteiger partial charge >= 0.3 is 0 Å². The second-order valence-corrected chi connectivity index (χ2v) is 5.57. The van der Waals surface area contributed by atoms with Crippen LogP contribution in [0.25, 0.3) is 0 Å². The summed E-state index contributed by atoms with van der Waals surface area (Å²) in [6.07, 6.45) is 4.26. The van der Waals surface area contributed by atoms with Crippen molar-refractivity contribution < 1.29 is 14.3 Å². The molecule has 1 atom stereocenters. The van der Waals surface area contributed by atoms with Crippen molar-refractivity contribution in [2.45, 2.75) is 25.3 Å². The molecule has 2 N–H and O–H groups in total. The summed E-state index contributed by atoms with van der Waals surface area (Å²) >= 11 is 0. The van der Waals surface area contributed by atoms with E-state index in [1.807, 2.05) is 0 Å². The molecule has 1 aliphatic rings. The van der Waals surface area contributed by atoms with Crippen molar-refractivity contribution in [1.29, 1.82) is 0 Å². The number of carbonyl (C=O) groups is 2. The summed E-state index contributed by atoms with van der Waals surface area (Å²) in [6, 6.07) is 5.32. The van der Waals surface area contributed by atoms with Crippen molar-refractivity contribution in [2.24, 2.45) is 0 Å². The molecular weight excluding hydrogens is 310 g/mol. The number of aryl methyl sites for hydroxylation is 1. The highest BCUT2D eigenvalue weighted by Crippen LogP contribution is 2.34. The molecule has 2 aromatic rings. The minimum atomic E-state index is -0.504. The first-order valence-corrected chi connectivity index (χ1v) is 7.77. The number of anilines is 1. The molecule has 0 saturated heterocycles. The van der Waals surface area contributed by atoms with Gasteiger partial charge in [-0.15, -0.1) is 5.10 Å². The fourth-order valence-corrected chi connectivity index (χ4v) is 2.73. The first-order valence-electron chi connectivity index (χ1n) is 7.77. The third kappa shape index (κ3) is 3.53. The second kappa shape index (κ2) is 7.12. The molecule has 0 saturated carbocycles. The van der Waals surface area contributed by atoms with Crippen molar-refractivity contribution in [3.8, 4) is 5.75 Å². The fourth-order valence-electron chi connectivity index (χ4n) is 2.73. The Balaban J connectivity index is 1.63. The van der Waals surface area contributed by atoms with E-state index in [1.54, 1.807) is 42.4 Å². The Bertz CT molecular complexity index is 729. The van der Waals surface area contributed by atoms with Gasteiger partial charge in [-0.05, 0) is 30.2 Å². The van der Waals surface area contributed by atoms with Gasteiger partial charge in [-0.3, -0.25) is 14.3 Å². The Hall–Kier alpha value is -2.90. The van der Waals surface area contributed by atoms with E-state index in [1.165, 1.54) is 0 Å². The fraction of sp³-hybridized carbons (Fsp3) is 0.375. The highest BCUT2D eigenvalue weighted by Gasteiger charge is 2.30. The molecule has 0 radical (unpaired) electrons. The normalized spacial score (nSPS) is 16.2. The molecule has 8 heteroatoms. The summed E-state index contributed by atoms with van der Waals surface area (Å²) in [7, 11) is 1.57. The summed E-state index contributed by atoms with van der Waals surface area (Å²) in [5, 5.41) is 13.3. The van der Waals surface area contributed by atoms with Gasteiger partial charge in [0.25, 0.3) is 0 Å². The van der Waals surface area contributed by atoms with Crippen molar-refractivity contribution in [1.82, 2.24) is 20.3 Å². The zero-order valence-electron chi connectivity index (χ0n) is 13.4. The number of carbonyl (C=O) groups excluding carboxylic acids is 2. The van der Waals surface area contributed by atoms with Crippen LogP contribution in [0.2, 0.25) is 0 Å². The number of hydrogen-bond donors (Lipinski definition) is 2. The van der Waals surface area contributed by atoms with Crippen LogP contribution < -0.4 is 15.4 Å². The lowest BCUT2D eigenvalue weighted by molar-refractivity contribution is -0.126. The van der Waals surface area contributed by atoms with Crippen LogP contribution in [0.1, 0.15) is 24.3 Å². The van der Waals surface area contributed by atoms with Crippen LogP contribution >= 0.6 is 0 Å². The van der Waals surface area contributed by atoms with E-state index in [0.29, 0.717) is 24.5 Å². The maximum absolute atomic E-state index is 12.5. The molecular formula is C16H19N5O3. The Labute approximate surface area is 139 Å². The highest BCUT2D eigenvalue weighted by atomic mass is 16.5. The molecule has 0 bridgehead atoms. The first-order chi connectivity index (χ1) is 11.7.